The van der Waals surface area contributed by atoms with Crippen molar-refractivity contribution in [2.75, 3.05) is 82.4 Å². The highest BCUT2D eigenvalue weighted by Crippen LogP contribution is 2.43. The number of imidazole rings is 3. The van der Waals surface area contributed by atoms with Crippen LogP contribution in [0.1, 0.15) is 79.8 Å². The van der Waals surface area contributed by atoms with E-state index in [0.29, 0.717) is 17.2 Å². The summed E-state index contributed by atoms with van der Waals surface area (Å²) >= 11 is 0. The molecule has 9 aromatic rings. The molecule has 3 N–H and O–H groups in total. The Morgan fingerprint density at radius 1 is 0.455 bits per heavy atom. The van der Waals surface area contributed by atoms with Gasteiger partial charge in [0, 0.05) is 94.9 Å². The number of aromatic nitrogens is 9. The van der Waals surface area contributed by atoms with Crippen LogP contribution < -0.4 is 49.6 Å². The van der Waals surface area contributed by atoms with E-state index in [2.05, 4.69) is 60.0 Å². The van der Waals surface area contributed by atoms with Crippen molar-refractivity contribution in [3.8, 4) is 56.8 Å². The molecule has 0 spiro atoms. The summed E-state index contributed by atoms with van der Waals surface area (Å²) in [6.07, 6.45) is 2.72. The van der Waals surface area contributed by atoms with Gasteiger partial charge >= 0.3 is 0 Å². The van der Waals surface area contributed by atoms with Crippen LogP contribution >= 0.6 is 0 Å². The second-order valence-electron chi connectivity index (χ2n) is 22.9. The molecule has 0 aliphatic carbocycles. The van der Waals surface area contributed by atoms with Gasteiger partial charge in [0.2, 0.25) is 23.5 Å². The molecule has 6 aromatic heterocycles. The number of fused-ring (bicyclic) bond motifs is 3. The number of carbonyl (C=O) groups is 3. The van der Waals surface area contributed by atoms with Gasteiger partial charge in [-0.05, 0) is 146 Å². The van der Waals surface area contributed by atoms with Crippen LogP contribution in [0.3, 0.4) is 0 Å². The number of aryl methyl sites for hydroxylation is 7. The van der Waals surface area contributed by atoms with E-state index in [1.807, 2.05) is 86.3 Å². The molecule has 3 amide bonds. The molecule has 9 heterocycles. The number of rotatable bonds is 13. The van der Waals surface area contributed by atoms with Crippen LogP contribution in [0.2, 0.25) is 0 Å². The quantitative estimate of drug-likeness (QED) is 0.0982. The van der Waals surface area contributed by atoms with Gasteiger partial charge in [0.15, 0.2) is 28.4 Å². The number of nitrogens with one attached hydrogen (secondary N) is 3. The van der Waals surface area contributed by atoms with Crippen molar-refractivity contribution in [2.45, 2.75) is 107 Å². The van der Waals surface area contributed by atoms with E-state index in [1.165, 1.54) is 12.1 Å². The summed E-state index contributed by atoms with van der Waals surface area (Å²) in [5.74, 6) is 2.28. The van der Waals surface area contributed by atoms with E-state index in [1.54, 1.807) is 61.3 Å². The summed E-state index contributed by atoms with van der Waals surface area (Å²) < 4.78 is 41.0. The summed E-state index contributed by atoms with van der Waals surface area (Å²) in [4.78, 5) is 55.6. The van der Waals surface area contributed by atoms with Gasteiger partial charge in [0.1, 0.15) is 11.6 Å². The molecule has 3 aliphatic rings. The minimum atomic E-state index is -0.267. The number of amides is 3. The van der Waals surface area contributed by atoms with Crippen LogP contribution in [0.25, 0.3) is 50.7 Å². The lowest BCUT2D eigenvalue weighted by atomic mass is 10.1. The molecule has 0 saturated carbocycles. The van der Waals surface area contributed by atoms with Crippen molar-refractivity contribution >= 4 is 51.7 Å². The average molecular weight is 1200 g/mol. The maximum Gasteiger partial charge on any atom is 0.217 e. The zero-order chi connectivity index (χ0) is 62.8. The molecule has 88 heavy (non-hydrogen) atoms. The highest BCUT2D eigenvalue weighted by Gasteiger charge is 2.31. The molecule has 3 fully saturated rings. The highest BCUT2D eigenvalue weighted by molar-refractivity contribution is 5.81. The Morgan fingerprint density at radius 2 is 0.807 bits per heavy atom. The molecule has 0 radical (unpaired) electrons. The van der Waals surface area contributed by atoms with Crippen molar-refractivity contribution in [1.82, 2.24) is 59.7 Å². The SMILES string of the molecule is CC(=O)N[C@@H]1CCN(c2cc(C)nn3c(-c4ccc(F)cc4)c(C)nc23)C1.COc1cc(-c2c(C)nc3c(N4CC[C@@H](NC(C)=O)C4)cc(C)nn23)cc(OC)c1OC.COc1ccc(-c2c(C)nc3c(N4CC[C@@H](NC(C)=O)C4)cc(C)nn23)cc1C. The first-order valence-electron chi connectivity index (χ1n) is 29.5. The molecule has 0 bridgehead atoms. The lowest BCUT2D eigenvalue weighted by Crippen LogP contribution is -2.35. The van der Waals surface area contributed by atoms with Crippen LogP contribution in [-0.2, 0) is 14.4 Å². The minimum absolute atomic E-state index is 0.00533. The Kier molecular flexibility index (Phi) is 18.1. The van der Waals surface area contributed by atoms with Crippen LogP contribution in [0.15, 0.2) is 72.8 Å². The van der Waals surface area contributed by atoms with Gasteiger partial charge in [-0.15, -0.1) is 0 Å². The fraction of sp³-hybridized carbons (Fsp3) is 0.400. The molecule has 3 aliphatic heterocycles. The molecular weight excluding hydrogens is 1120 g/mol. The fourth-order valence-electron chi connectivity index (χ4n) is 12.4. The van der Waals surface area contributed by atoms with E-state index >= 15 is 0 Å². The molecular formula is C65H78FN15O7. The summed E-state index contributed by atoms with van der Waals surface area (Å²) in [6, 6.07) is 23.0. The van der Waals surface area contributed by atoms with Crippen LogP contribution in [0.5, 0.6) is 23.0 Å². The standard InChI is InChI=1S/C23H29N5O4.C22H27N5O2.C20H22FN5O/c1-13-9-18(27-8-7-17(12-27)25-15(3)29)23-24-14(2)21(28(23)26-13)16-10-19(30-4)22(32-6)20(11-16)31-5;1-13-10-17(6-7-20(13)29-5)21-15(3)23-22-19(11-14(2)25-27(21)22)26-9-8-18(12-26)24-16(4)28;1-12-10-18(25-9-8-17(11-25)23-14(3)27)20-22-13(2)19(26(20)24-12)15-4-6-16(21)7-5-15/h9-11,17H,7-8,12H2,1-6H3,(H,25,29);6-7,10-11,18H,8-9,12H2,1-5H3,(H,24,28);4-7,10,17H,8-9,11H2,1-3H3,(H,23,27)/t17-;18-;17-/m111/s1. The summed E-state index contributed by atoms with van der Waals surface area (Å²) in [5.41, 5.74) is 17.4. The zero-order valence-electron chi connectivity index (χ0n) is 52.6. The summed E-state index contributed by atoms with van der Waals surface area (Å²) in [5, 5.41) is 23.2. The molecule has 0 unspecified atom stereocenters. The first kappa shape index (κ1) is 61.5. The summed E-state index contributed by atoms with van der Waals surface area (Å²) in [6.45, 7) is 23.4. The van der Waals surface area contributed by atoms with Crippen LogP contribution in [0.4, 0.5) is 21.5 Å². The molecule has 12 rings (SSSR count). The highest BCUT2D eigenvalue weighted by atomic mass is 19.1. The third-order valence-electron chi connectivity index (χ3n) is 16.1. The molecule has 3 aromatic carbocycles. The molecule has 22 nitrogen and oxygen atoms in total. The van der Waals surface area contributed by atoms with Crippen LogP contribution in [-0.4, -0.2) is 147 Å². The lowest BCUT2D eigenvalue weighted by molar-refractivity contribution is -0.120. The van der Waals surface area contributed by atoms with Crippen molar-refractivity contribution < 1.29 is 37.7 Å². The number of halogens is 1. The summed E-state index contributed by atoms with van der Waals surface area (Å²) in [7, 11) is 6.47. The monoisotopic (exact) mass is 1200 g/mol. The zero-order valence-corrected chi connectivity index (χ0v) is 52.6. The number of carbonyl (C=O) groups excluding carboxylic acids is 3. The number of methoxy groups -OCH3 is 4. The maximum absolute atomic E-state index is 13.3. The van der Waals surface area contributed by atoms with Crippen molar-refractivity contribution in [1.29, 1.82) is 0 Å². The Hall–Kier alpha value is -9.54. The van der Waals surface area contributed by atoms with Gasteiger partial charge in [-0.3, -0.25) is 14.4 Å². The van der Waals surface area contributed by atoms with Gasteiger partial charge in [0.25, 0.3) is 0 Å². The first-order chi connectivity index (χ1) is 42.1. The number of nitrogens with zero attached hydrogens (tertiary/aromatic N) is 12. The van der Waals surface area contributed by atoms with E-state index in [0.717, 1.165) is 172 Å². The topological polar surface area (TPSA) is 225 Å². The normalized spacial score (nSPS) is 16.4. The van der Waals surface area contributed by atoms with Crippen molar-refractivity contribution in [3.63, 3.8) is 0 Å². The molecule has 462 valence electrons. The van der Waals surface area contributed by atoms with E-state index in [9.17, 15) is 18.8 Å². The van der Waals surface area contributed by atoms with Crippen molar-refractivity contribution in [3.05, 3.63) is 118 Å². The second-order valence-corrected chi connectivity index (χ2v) is 22.9. The van der Waals surface area contributed by atoms with E-state index in [-0.39, 0.29) is 41.7 Å². The number of benzene rings is 3. The smallest absolute Gasteiger partial charge is 0.217 e. The van der Waals surface area contributed by atoms with Crippen LogP contribution in [0, 0.1) is 54.3 Å². The minimum Gasteiger partial charge on any atom is -0.496 e. The third kappa shape index (κ3) is 12.8. The molecule has 3 saturated heterocycles. The Labute approximate surface area is 511 Å². The first-order valence-corrected chi connectivity index (χ1v) is 29.5. The molecule has 3 atom stereocenters. The average Bonchev–Trinajstić information content (AvgIpc) is 3.48. The van der Waals surface area contributed by atoms with E-state index in [4.69, 9.17) is 44.1 Å². The third-order valence-corrected chi connectivity index (χ3v) is 16.1. The second kappa shape index (κ2) is 25.8. The molecule has 23 heteroatoms. The predicted octanol–water partition coefficient (Wildman–Crippen LogP) is 8.67. The number of ether oxygens (including phenoxy) is 4. The Balaban J connectivity index is 0.000000146. The van der Waals surface area contributed by atoms with E-state index < -0.39 is 0 Å². The number of hydrogen-bond acceptors (Lipinski definition) is 16. The van der Waals surface area contributed by atoms with Gasteiger partial charge in [-0.25, -0.2) is 32.9 Å². The van der Waals surface area contributed by atoms with Gasteiger partial charge in [-0.1, -0.05) is 0 Å². The number of anilines is 3. The predicted molar refractivity (Wildman–Crippen MR) is 338 cm³/mol. The van der Waals surface area contributed by atoms with Gasteiger partial charge in [-0.2, -0.15) is 15.3 Å². The fourth-order valence-corrected chi connectivity index (χ4v) is 12.4. The Morgan fingerprint density at radius 3 is 1.15 bits per heavy atom. The van der Waals surface area contributed by atoms with Crippen molar-refractivity contribution in [2.24, 2.45) is 0 Å². The van der Waals surface area contributed by atoms with Gasteiger partial charge < -0.3 is 49.6 Å². The Bertz CT molecular complexity index is 4080. The largest absolute Gasteiger partial charge is 0.496 e. The maximum atomic E-state index is 13.3. The number of hydrogen-bond donors (Lipinski definition) is 3. The lowest BCUT2D eigenvalue weighted by Gasteiger charge is -2.20. The van der Waals surface area contributed by atoms with Gasteiger partial charge in [0.05, 0.1) is 96.7 Å².